The summed E-state index contributed by atoms with van der Waals surface area (Å²) in [5.74, 6) is -1.16. The summed E-state index contributed by atoms with van der Waals surface area (Å²) in [6.07, 6.45) is 1.93. The average molecular weight is 365 g/mol. The maximum atomic E-state index is 12.1. The van der Waals surface area contributed by atoms with Gasteiger partial charge in [-0.25, -0.2) is 0 Å². The number of thioether (sulfide) groups is 1. The van der Waals surface area contributed by atoms with Crippen molar-refractivity contribution in [3.63, 3.8) is 0 Å². The normalized spacial score (nSPS) is 10.2. The summed E-state index contributed by atoms with van der Waals surface area (Å²) in [6, 6.07) is 10.5. The number of benzene rings is 2. The van der Waals surface area contributed by atoms with Gasteiger partial charge in [-0.1, -0.05) is 17.7 Å². The highest BCUT2D eigenvalue weighted by atomic mass is 35.5. The van der Waals surface area contributed by atoms with E-state index in [1.807, 2.05) is 18.4 Å². The van der Waals surface area contributed by atoms with Gasteiger partial charge in [0.2, 0.25) is 0 Å². The van der Waals surface area contributed by atoms with Gasteiger partial charge in [0.25, 0.3) is 0 Å². The highest BCUT2D eigenvalue weighted by Gasteiger charge is 2.17. The molecule has 24 heavy (non-hydrogen) atoms. The highest BCUT2D eigenvalue weighted by Crippen LogP contribution is 2.31. The van der Waals surface area contributed by atoms with Gasteiger partial charge in [0, 0.05) is 21.7 Å². The van der Waals surface area contributed by atoms with Gasteiger partial charge < -0.3 is 15.4 Å². The number of carbonyl (C=O) groups is 2. The molecule has 2 amide bonds. The molecule has 0 atom stereocenters. The van der Waals surface area contributed by atoms with Crippen LogP contribution < -0.4 is 15.4 Å². The standard InChI is InChI=1S/C17H17ClN2O3S/c1-10-7-14(15(23-2)9-13(10)18)20-17(22)16(21)19-11-5-4-6-12(8-11)24-3/h4-9H,1-3H3,(H,19,21)(H,20,22). The molecule has 2 N–H and O–H groups in total. The Morgan fingerprint density at radius 3 is 2.50 bits per heavy atom. The summed E-state index contributed by atoms with van der Waals surface area (Å²) in [4.78, 5) is 25.2. The Labute approximate surface area is 149 Å². The molecule has 0 heterocycles. The molecule has 0 spiro atoms. The molecule has 0 aliphatic carbocycles. The summed E-state index contributed by atoms with van der Waals surface area (Å²) in [5, 5.41) is 5.62. The first-order chi connectivity index (χ1) is 11.4. The van der Waals surface area contributed by atoms with E-state index >= 15 is 0 Å². The fourth-order valence-corrected chi connectivity index (χ4v) is 2.61. The molecule has 0 aliphatic heterocycles. The van der Waals surface area contributed by atoms with E-state index in [-0.39, 0.29) is 0 Å². The molecule has 5 nitrogen and oxygen atoms in total. The largest absolute Gasteiger partial charge is 0.495 e. The Bertz CT molecular complexity index is 780. The zero-order chi connectivity index (χ0) is 17.7. The van der Waals surface area contributed by atoms with Crippen LogP contribution in [0.1, 0.15) is 5.56 Å². The van der Waals surface area contributed by atoms with Gasteiger partial charge in [-0.15, -0.1) is 11.8 Å². The fraction of sp³-hybridized carbons (Fsp3) is 0.176. The van der Waals surface area contributed by atoms with Gasteiger partial charge in [-0.3, -0.25) is 9.59 Å². The molecule has 2 aromatic carbocycles. The van der Waals surface area contributed by atoms with E-state index in [1.165, 1.54) is 7.11 Å². The van der Waals surface area contributed by atoms with E-state index in [0.717, 1.165) is 10.5 Å². The van der Waals surface area contributed by atoms with Crippen molar-refractivity contribution in [3.8, 4) is 5.75 Å². The van der Waals surface area contributed by atoms with Crippen LogP contribution in [0.15, 0.2) is 41.3 Å². The Morgan fingerprint density at radius 1 is 1.12 bits per heavy atom. The molecule has 0 unspecified atom stereocenters. The van der Waals surface area contributed by atoms with Crippen molar-refractivity contribution in [1.82, 2.24) is 0 Å². The Kier molecular flexibility index (Phi) is 6.11. The van der Waals surface area contributed by atoms with Gasteiger partial charge in [-0.05, 0) is 43.0 Å². The van der Waals surface area contributed by atoms with Crippen LogP contribution in [0.25, 0.3) is 0 Å². The number of ether oxygens (including phenoxy) is 1. The summed E-state index contributed by atoms with van der Waals surface area (Å²) in [6.45, 7) is 1.80. The SMILES string of the molecule is COc1cc(Cl)c(C)cc1NC(=O)C(=O)Nc1cccc(SC)c1. The summed E-state index contributed by atoms with van der Waals surface area (Å²) < 4.78 is 5.18. The number of amides is 2. The van der Waals surface area contributed by atoms with Crippen LogP contribution in [0, 0.1) is 6.92 Å². The second-order valence-electron chi connectivity index (χ2n) is 4.94. The maximum absolute atomic E-state index is 12.1. The van der Waals surface area contributed by atoms with Crippen molar-refractivity contribution in [1.29, 1.82) is 0 Å². The van der Waals surface area contributed by atoms with Crippen molar-refractivity contribution in [3.05, 3.63) is 47.0 Å². The molecule has 126 valence electrons. The third-order valence-electron chi connectivity index (χ3n) is 3.26. The third-order valence-corrected chi connectivity index (χ3v) is 4.40. The number of nitrogens with one attached hydrogen (secondary N) is 2. The van der Waals surface area contributed by atoms with Crippen LogP contribution in [0.5, 0.6) is 5.75 Å². The molecule has 2 aromatic rings. The zero-order valence-electron chi connectivity index (χ0n) is 13.5. The molecule has 0 fully saturated rings. The van der Waals surface area contributed by atoms with E-state index in [0.29, 0.717) is 22.1 Å². The second kappa shape index (κ2) is 8.08. The Hall–Kier alpha value is -2.18. The average Bonchev–Trinajstić information content (AvgIpc) is 2.57. The molecule has 0 bridgehead atoms. The number of hydrogen-bond acceptors (Lipinski definition) is 4. The molecule has 0 aromatic heterocycles. The van der Waals surface area contributed by atoms with Crippen molar-refractivity contribution in [2.24, 2.45) is 0 Å². The van der Waals surface area contributed by atoms with E-state index in [9.17, 15) is 9.59 Å². The first-order valence-corrected chi connectivity index (χ1v) is 8.65. The number of aryl methyl sites for hydroxylation is 1. The van der Waals surface area contributed by atoms with Crippen LogP contribution in [0.3, 0.4) is 0 Å². The molecule has 0 saturated carbocycles. The predicted molar refractivity (Wildman–Crippen MR) is 98.2 cm³/mol. The van der Waals surface area contributed by atoms with Gasteiger partial charge >= 0.3 is 11.8 Å². The van der Waals surface area contributed by atoms with Crippen molar-refractivity contribution in [2.75, 3.05) is 24.0 Å². The molecule has 0 saturated heterocycles. The van der Waals surface area contributed by atoms with Crippen LogP contribution in [-0.4, -0.2) is 25.2 Å². The molecule has 0 radical (unpaired) electrons. The minimum atomic E-state index is -0.787. The maximum Gasteiger partial charge on any atom is 0.314 e. The van der Waals surface area contributed by atoms with Crippen molar-refractivity contribution < 1.29 is 14.3 Å². The second-order valence-corrected chi connectivity index (χ2v) is 6.23. The topological polar surface area (TPSA) is 67.4 Å². The van der Waals surface area contributed by atoms with Crippen LogP contribution >= 0.6 is 23.4 Å². The zero-order valence-corrected chi connectivity index (χ0v) is 15.0. The quantitative estimate of drug-likeness (QED) is 0.636. The van der Waals surface area contributed by atoms with Gasteiger partial charge in [0.1, 0.15) is 5.75 Å². The number of carbonyl (C=O) groups excluding carboxylic acids is 2. The Balaban J connectivity index is 2.11. The molecule has 0 aliphatic rings. The predicted octanol–water partition coefficient (Wildman–Crippen LogP) is 3.96. The van der Waals surface area contributed by atoms with Gasteiger partial charge in [0.05, 0.1) is 12.8 Å². The monoisotopic (exact) mass is 364 g/mol. The highest BCUT2D eigenvalue weighted by molar-refractivity contribution is 7.98. The molecular weight excluding hydrogens is 348 g/mol. The van der Waals surface area contributed by atoms with Crippen molar-refractivity contribution >= 4 is 46.6 Å². The lowest BCUT2D eigenvalue weighted by Gasteiger charge is -2.12. The van der Waals surface area contributed by atoms with Crippen LogP contribution in [0.4, 0.5) is 11.4 Å². The van der Waals surface area contributed by atoms with E-state index < -0.39 is 11.8 Å². The van der Waals surface area contributed by atoms with Crippen LogP contribution in [0.2, 0.25) is 5.02 Å². The van der Waals surface area contributed by atoms with E-state index in [2.05, 4.69) is 10.6 Å². The van der Waals surface area contributed by atoms with E-state index in [4.69, 9.17) is 16.3 Å². The smallest absolute Gasteiger partial charge is 0.314 e. The van der Waals surface area contributed by atoms with Crippen molar-refractivity contribution in [2.45, 2.75) is 11.8 Å². The number of rotatable bonds is 4. The molecular formula is C17H17ClN2O3S. The van der Waals surface area contributed by atoms with Gasteiger partial charge in [0.15, 0.2) is 0 Å². The fourth-order valence-electron chi connectivity index (χ4n) is 2.00. The number of hydrogen-bond donors (Lipinski definition) is 2. The molecule has 7 heteroatoms. The minimum absolute atomic E-state index is 0.385. The lowest BCUT2D eigenvalue weighted by Crippen LogP contribution is -2.29. The van der Waals surface area contributed by atoms with Crippen LogP contribution in [-0.2, 0) is 9.59 Å². The Morgan fingerprint density at radius 2 is 1.83 bits per heavy atom. The summed E-state index contributed by atoms with van der Waals surface area (Å²) in [5.41, 5.74) is 1.71. The van der Waals surface area contributed by atoms with Gasteiger partial charge in [-0.2, -0.15) is 0 Å². The van der Waals surface area contributed by atoms with E-state index in [1.54, 1.807) is 43.0 Å². The minimum Gasteiger partial charge on any atom is -0.495 e. The first-order valence-electron chi connectivity index (χ1n) is 7.05. The summed E-state index contributed by atoms with van der Waals surface area (Å²) in [7, 11) is 1.46. The first kappa shape index (κ1) is 18.2. The molecule has 2 rings (SSSR count). The third kappa shape index (κ3) is 4.43. The lowest BCUT2D eigenvalue weighted by molar-refractivity contribution is -0.133. The summed E-state index contributed by atoms with van der Waals surface area (Å²) >= 11 is 7.57. The number of methoxy groups -OCH3 is 1. The number of anilines is 2. The lowest BCUT2D eigenvalue weighted by atomic mass is 10.2. The number of halogens is 1.